The molecule has 0 spiro atoms. The Balaban J connectivity index is 1.35. The summed E-state index contributed by atoms with van der Waals surface area (Å²) in [4.78, 5) is 19.4. The van der Waals surface area contributed by atoms with Crippen LogP contribution >= 0.6 is 11.8 Å². The summed E-state index contributed by atoms with van der Waals surface area (Å²) < 4.78 is 2.07. The summed E-state index contributed by atoms with van der Waals surface area (Å²) in [6, 6.07) is 22.7. The minimum absolute atomic E-state index is 0.101. The van der Waals surface area contributed by atoms with Gasteiger partial charge in [0.1, 0.15) is 0 Å². The van der Waals surface area contributed by atoms with Crippen LogP contribution < -0.4 is 0 Å². The summed E-state index contributed by atoms with van der Waals surface area (Å²) in [5, 5.41) is 9.63. The second-order valence-electron chi connectivity index (χ2n) is 8.52. The predicted molar refractivity (Wildman–Crippen MR) is 134 cm³/mol. The van der Waals surface area contributed by atoms with Crippen LogP contribution in [0.1, 0.15) is 35.6 Å². The van der Waals surface area contributed by atoms with Gasteiger partial charge in [-0.1, -0.05) is 66.4 Å². The van der Waals surface area contributed by atoms with Gasteiger partial charge >= 0.3 is 0 Å². The van der Waals surface area contributed by atoms with E-state index in [2.05, 4.69) is 56.1 Å². The number of fused-ring (bicyclic) bond motifs is 1. The number of amides is 1. The maximum absolute atomic E-state index is 13.2. The van der Waals surface area contributed by atoms with Crippen LogP contribution in [0.4, 0.5) is 0 Å². The van der Waals surface area contributed by atoms with Gasteiger partial charge < -0.3 is 4.90 Å². The quantitative estimate of drug-likeness (QED) is 0.356. The summed E-state index contributed by atoms with van der Waals surface area (Å²) in [6.07, 6.45) is 6.73. The topological polar surface area (TPSA) is 63.9 Å². The first-order valence-corrected chi connectivity index (χ1v) is 12.5. The molecule has 0 saturated carbocycles. The number of benzene rings is 2. The minimum Gasteiger partial charge on any atom is -0.338 e. The van der Waals surface area contributed by atoms with Gasteiger partial charge in [-0.3, -0.25) is 14.3 Å². The highest BCUT2D eigenvalue weighted by molar-refractivity contribution is 7.99. The van der Waals surface area contributed by atoms with E-state index in [1.165, 1.54) is 22.9 Å². The molecule has 0 bridgehead atoms. The maximum atomic E-state index is 13.2. The molecule has 6 nitrogen and oxygen atoms in total. The van der Waals surface area contributed by atoms with Crippen LogP contribution in [-0.4, -0.2) is 43.4 Å². The number of thioether (sulfide) groups is 1. The molecule has 1 aliphatic rings. The van der Waals surface area contributed by atoms with Gasteiger partial charge in [-0.15, -0.1) is 10.2 Å². The van der Waals surface area contributed by atoms with Crippen molar-refractivity contribution in [3.05, 3.63) is 95.8 Å². The van der Waals surface area contributed by atoms with E-state index < -0.39 is 0 Å². The third kappa shape index (κ3) is 4.75. The summed E-state index contributed by atoms with van der Waals surface area (Å²) in [6.45, 7) is 0.625. The van der Waals surface area contributed by atoms with Crippen molar-refractivity contribution in [2.45, 2.75) is 37.0 Å². The molecule has 1 amide bonds. The molecular formula is C27H27N5OS. The molecule has 4 aromatic rings. The Morgan fingerprint density at radius 2 is 1.88 bits per heavy atom. The molecule has 0 N–H and O–H groups in total. The standard InChI is InChI=1S/C27H27N5OS/c1-31(24-15-7-12-21-11-5-6-14-23(21)24)25(33)19-34-27-30-29-26(22-13-8-16-28-17-22)32(27)18-20-9-3-2-4-10-20/h2-6,8-11,13-14,16-17,24H,7,12,15,18-19H2,1H3/t24-/m1/s1. The lowest BCUT2D eigenvalue weighted by molar-refractivity contribution is -0.129. The lowest BCUT2D eigenvalue weighted by Gasteiger charge is -2.33. The summed E-state index contributed by atoms with van der Waals surface area (Å²) >= 11 is 1.44. The van der Waals surface area contributed by atoms with Crippen molar-refractivity contribution in [2.75, 3.05) is 12.8 Å². The van der Waals surface area contributed by atoms with Gasteiger partial charge in [0.2, 0.25) is 5.91 Å². The van der Waals surface area contributed by atoms with Crippen molar-refractivity contribution < 1.29 is 4.79 Å². The molecule has 1 aliphatic carbocycles. The Kier molecular flexibility index (Phi) is 6.72. The summed E-state index contributed by atoms with van der Waals surface area (Å²) in [7, 11) is 1.92. The lowest BCUT2D eigenvalue weighted by atomic mass is 9.87. The van der Waals surface area contributed by atoms with Gasteiger partial charge in [0.15, 0.2) is 11.0 Å². The molecule has 0 aliphatic heterocycles. The number of carbonyl (C=O) groups is 1. The van der Waals surface area contributed by atoms with Crippen molar-refractivity contribution in [3.8, 4) is 11.4 Å². The van der Waals surface area contributed by atoms with Gasteiger partial charge in [0, 0.05) is 25.0 Å². The predicted octanol–water partition coefficient (Wildman–Crippen LogP) is 5.02. The fraction of sp³-hybridized carbons (Fsp3) is 0.259. The van der Waals surface area contributed by atoms with Gasteiger partial charge in [-0.25, -0.2) is 0 Å². The summed E-state index contributed by atoms with van der Waals surface area (Å²) in [5.41, 5.74) is 4.69. The van der Waals surface area contributed by atoms with Gasteiger partial charge in [-0.2, -0.15) is 0 Å². The number of aryl methyl sites for hydroxylation is 1. The average molecular weight is 470 g/mol. The number of hydrogen-bond donors (Lipinski definition) is 0. The first-order chi connectivity index (χ1) is 16.7. The number of aromatic nitrogens is 4. The fourth-order valence-corrected chi connectivity index (χ4v) is 5.41. The third-order valence-corrected chi connectivity index (χ3v) is 7.30. The molecule has 0 fully saturated rings. The maximum Gasteiger partial charge on any atom is 0.233 e. The van der Waals surface area contributed by atoms with Crippen molar-refractivity contribution in [2.24, 2.45) is 0 Å². The molecule has 0 radical (unpaired) electrons. The van der Waals surface area contributed by atoms with Crippen LogP contribution in [0, 0.1) is 0 Å². The highest BCUT2D eigenvalue weighted by atomic mass is 32.2. The van der Waals surface area contributed by atoms with Crippen molar-refractivity contribution in [1.29, 1.82) is 0 Å². The van der Waals surface area contributed by atoms with E-state index in [0.29, 0.717) is 12.3 Å². The molecule has 1 atom stereocenters. The molecule has 2 heterocycles. The number of nitrogens with zero attached hydrogens (tertiary/aromatic N) is 5. The number of carbonyl (C=O) groups excluding carboxylic acids is 1. The van der Waals surface area contributed by atoms with Gasteiger partial charge in [-0.05, 0) is 48.1 Å². The summed E-state index contributed by atoms with van der Waals surface area (Å²) in [5.74, 6) is 1.17. The van der Waals surface area contributed by atoms with Crippen molar-refractivity contribution >= 4 is 17.7 Å². The second-order valence-corrected chi connectivity index (χ2v) is 9.46. The van der Waals surface area contributed by atoms with E-state index >= 15 is 0 Å². The largest absolute Gasteiger partial charge is 0.338 e. The Morgan fingerprint density at radius 3 is 2.71 bits per heavy atom. The molecular weight excluding hydrogens is 442 g/mol. The molecule has 0 saturated heterocycles. The first kappa shape index (κ1) is 22.3. The minimum atomic E-state index is 0.101. The third-order valence-electron chi connectivity index (χ3n) is 6.34. The Bertz CT molecular complexity index is 1260. The number of pyridine rings is 1. The molecule has 5 rings (SSSR count). The van der Waals surface area contributed by atoms with Crippen LogP contribution in [0.15, 0.2) is 84.3 Å². The van der Waals surface area contributed by atoms with Crippen LogP contribution in [0.25, 0.3) is 11.4 Å². The zero-order valence-corrected chi connectivity index (χ0v) is 20.0. The van der Waals surface area contributed by atoms with E-state index in [9.17, 15) is 4.79 Å². The first-order valence-electron chi connectivity index (χ1n) is 11.5. The highest BCUT2D eigenvalue weighted by Crippen LogP contribution is 2.34. The number of rotatable bonds is 7. The van der Waals surface area contributed by atoms with E-state index in [1.807, 2.05) is 42.3 Å². The molecule has 2 aromatic heterocycles. The van der Waals surface area contributed by atoms with Crippen LogP contribution in [0.5, 0.6) is 0 Å². The zero-order valence-electron chi connectivity index (χ0n) is 19.2. The molecule has 34 heavy (non-hydrogen) atoms. The Labute approximate surface area is 204 Å². The zero-order chi connectivity index (χ0) is 23.3. The van der Waals surface area contributed by atoms with Crippen LogP contribution in [0.3, 0.4) is 0 Å². The average Bonchev–Trinajstić information content (AvgIpc) is 3.29. The fourth-order valence-electron chi connectivity index (χ4n) is 4.55. The molecule has 172 valence electrons. The van der Waals surface area contributed by atoms with Crippen molar-refractivity contribution in [1.82, 2.24) is 24.6 Å². The molecule has 0 unspecified atom stereocenters. The van der Waals surface area contributed by atoms with E-state index in [0.717, 1.165) is 41.4 Å². The van der Waals surface area contributed by atoms with Gasteiger partial charge in [0.05, 0.1) is 18.3 Å². The smallest absolute Gasteiger partial charge is 0.233 e. The second kappa shape index (κ2) is 10.2. The van der Waals surface area contributed by atoms with E-state index in [1.54, 1.807) is 12.4 Å². The number of hydrogen-bond acceptors (Lipinski definition) is 5. The highest BCUT2D eigenvalue weighted by Gasteiger charge is 2.27. The van der Waals surface area contributed by atoms with Crippen LogP contribution in [-0.2, 0) is 17.8 Å². The van der Waals surface area contributed by atoms with Crippen LogP contribution in [0.2, 0.25) is 0 Å². The lowest BCUT2D eigenvalue weighted by Crippen LogP contribution is -2.34. The van der Waals surface area contributed by atoms with E-state index in [4.69, 9.17) is 0 Å². The molecule has 2 aromatic carbocycles. The monoisotopic (exact) mass is 469 g/mol. The van der Waals surface area contributed by atoms with Gasteiger partial charge in [0.25, 0.3) is 0 Å². The van der Waals surface area contributed by atoms with E-state index in [-0.39, 0.29) is 11.9 Å². The van der Waals surface area contributed by atoms with Crippen molar-refractivity contribution in [3.63, 3.8) is 0 Å². The Morgan fingerprint density at radius 1 is 1.06 bits per heavy atom. The normalized spacial score (nSPS) is 15.0. The Hall–Kier alpha value is -3.45. The molecule has 7 heteroatoms. The SMILES string of the molecule is CN(C(=O)CSc1nnc(-c2cccnc2)n1Cc1ccccc1)[C@@H]1CCCc2ccccc21.